The van der Waals surface area contributed by atoms with Gasteiger partial charge >= 0.3 is 0 Å². The first-order valence-corrected chi connectivity index (χ1v) is 10.3. The molecule has 0 aliphatic carbocycles. The number of nitrogens with zero attached hydrogens (tertiary/aromatic N) is 4. The van der Waals surface area contributed by atoms with Gasteiger partial charge in [0.05, 0.1) is 6.54 Å². The molecular weight excluding hydrogens is 489 g/mol. The Bertz CT molecular complexity index is 865. The molecule has 7 heteroatoms. The number of carbonyl (C=O) groups excluding carboxylic acids is 1. The Hall–Kier alpha value is -2.13. The number of rotatable bonds is 4. The van der Waals surface area contributed by atoms with Crippen LogP contribution in [-0.2, 0) is 17.8 Å². The van der Waals surface area contributed by atoms with Gasteiger partial charge in [0.1, 0.15) is 0 Å². The van der Waals surface area contributed by atoms with Crippen LogP contribution in [0, 0.1) is 0 Å². The van der Waals surface area contributed by atoms with Crippen molar-refractivity contribution in [3.05, 3.63) is 65.7 Å². The van der Waals surface area contributed by atoms with Gasteiger partial charge in [0.15, 0.2) is 5.96 Å². The second-order valence-electron chi connectivity index (χ2n) is 7.57. The molecule has 6 nitrogen and oxygen atoms in total. The number of aliphatic imine (C=N–C) groups is 1. The van der Waals surface area contributed by atoms with E-state index in [1.807, 2.05) is 23.1 Å². The lowest BCUT2D eigenvalue weighted by Crippen LogP contribution is -2.53. The highest BCUT2D eigenvalue weighted by Gasteiger charge is 2.25. The summed E-state index contributed by atoms with van der Waals surface area (Å²) in [6.45, 7) is 5.81. The van der Waals surface area contributed by atoms with Crippen LogP contribution in [0.25, 0.3) is 0 Å². The summed E-state index contributed by atoms with van der Waals surface area (Å²) in [7, 11) is 1.79. The van der Waals surface area contributed by atoms with Crippen LogP contribution in [0.15, 0.2) is 59.6 Å². The van der Waals surface area contributed by atoms with Crippen LogP contribution in [0.2, 0.25) is 0 Å². The first-order valence-electron chi connectivity index (χ1n) is 10.3. The maximum atomic E-state index is 12.7. The van der Waals surface area contributed by atoms with Crippen molar-refractivity contribution in [1.29, 1.82) is 0 Å². The summed E-state index contributed by atoms with van der Waals surface area (Å²) >= 11 is 0. The SMILES string of the molecule is CN=C(NCC(=O)N1CCc2ccccc21)N1CCN(Cc2ccccc2)CC1.I. The second kappa shape index (κ2) is 10.8. The maximum Gasteiger partial charge on any atom is 0.246 e. The first kappa shape index (κ1) is 22.6. The molecule has 0 unspecified atom stereocenters. The van der Waals surface area contributed by atoms with Crippen molar-refractivity contribution in [3.63, 3.8) is 0 Å². The van der Waals surface area contributed by atoms with E-state index in [1.54, 1.807) is 7.05 Å². The van der Waals surface area contributed by atoms with Gasteiger partial charge in [-0.1, -0.05) is 48.5 Å². The molecular formula is C23H30IN5O. The third-order valence-electron chi connectivity index (χ3n) is 5.72. The van der Waals surface area contributed by atoms with E-state index in [1.165, 1.54) is 11.1 Å². The number of halogens is 1. The quantitative estimate of drug-likeness (QED) is 0.384. The van der Waals surface area contributed by atoms with Gasteiger partial charge in [0, 0.05) is 52.0 Å². The minimum Gasteiger partial charge on any atom is -0.347 e. The zero-order chi connectivity index (χ0) is 20.1. The molecule has 1 fully saturated rings. The standard InChI is InChI=1S/C23H29N5O.HI/c1-24-23(25-17-22(29)28-12-11-20-9-5-6-10-21(20)28)27-15-13-26(14-16-27)18-19-7-3-2-4-8-19;/h2-10H,11-18H2,1H3,(H,24,25);1H. The number of carbonyl (C=O) groups is 1. The topological polar surface area (TPSA) is 51.2 Å². The number of hydrogen-bond donors (Lipinski definition) is 1. The molecule has 0 spiro atoms. The molecule has 0 saturated carbocycles. The molecule has 0 atom stereocenters. The largest absolute Gasteiger partial charge is 0.347 e. The van der Waals surface area contributed by atoms with Crippen LogP contribution in [0.4, 0.5) is 5.69 Å². The first-order chi connectivity index (χ1) is 14.2. The average molecular weight is 519 g/mol. The fraction of sp³-hybridized carbons (Fsp3) is 0.391. The Balaban J connectivity index is 0.00000256. The molecule has 1 saturated heterocycles. The van der Waals surface area contributed by atoms with E-state index in [2.05, 4.69) is 56.5 Å². The Morgan fingerprint density at radius 3 is 2.40 bits per heavy atom. The van der Waals surface area contributed by atoms with Gasteiger partial charge in [0.25, 0.3) is 0 Å². The molecule has 0 radical (unpaired) electrons. The number of benzene rings is 2. The summed E-state index contributed by atoms with van der Waals surface area (Å²) in [6.07, 6.45) is 0.931. The minimum absolute atomic E-state index is 0. The molecule has 2 aromatic rings. The molecule has 30 heavy (non-hydrogen) atoms. The van der Waals surface area contributed by atoms with Gasteiger partial charge in [-0.05, 0) is 23.6 Å². The van der Waals surface area contributed by atoms with E-state index in [9.17, 15) is 4.79 Å². The minimum atomic E-state index is 0. The van der Waals surface area contributed by atoms with Crippen molar-refractivity contribution in [2.75, 3.05) is 51.2 Å². The highest BCUT2D eigenvalue weighted by atomic mass is 127. The van der Waals surface area contributed by atoms with Crippen molar-refractivity contribution in [3.8, 4) is 0 Å². The van der Waals surface area contributed by atoms with E-state index in [0.29, 0.717) is 0 Å². The lowest BCUT2D eigenvalue weighted by molar-refractivity contribution is -0.117. The van der Waals surface area contributed by atoms with Crippen LogP contribution in [-0.4, -0.2) is 68.0 Å². The monoisotopic (exact) mass is 519 g/mol. The summed E-state index contributed by atoms with van der Waals surface area (Å²) < 4.78 is 0. The number of hydrogen-bond acceptors (Lipinski definition) is 3. The Kier molecular flexibility index (Phi) is 8.09. The van der Waals surface area contributed by atoms with Crippen molar-refractivity contribution in [1.82, 2.24) is 15.1 Å². The van der Waals surface area contributed by atoms with Crippen LogP contribution in [0.1, 0.15) is 11.1 Å². The smallest absolute Gasteiger partial charge is 0.246 e. The van der Waals surface area contributed by atoms with Crippen molar-refractivity contribution in [2.24, 2.45) is 4.99 Å². The van der Waals surface area contributed by atoms with E-state index < -0.39 is 0 Å². The van der Waals surface area contributed by atoms with Crippen LogP contribution in [0.5, 0.6) is 0 Å². The number of nitrogens with one attached hydrogen (secondary N) is 1. The lowest BCUT2D eigenvalue weighted by Gasteiger charge is -2.36. The Morgan fingerprint density at radius 2 is 1.67 bits per heavy atom. The number of amides is 1. The summed E-state index contributed by atoms with van der Waals surface area (Å²) in [5.74, 6) is 0.906. The molecule has 0 aromatic heterocycles. The van der Waals surface area contributed by atoms with Crippen LogP contribution >= 0.6 is 24.0 Å². The number of anilines is 1. The molecule has 2 aliphatic heterocycles. The molecule has 0 bridgehead atoms. The fourth-order valence-corrected chi connectivity index (χ4v) is 4.14. The molecule has 1 amide bonds. The molecule has 4 rings (SSSR count). The summed E-state index contributed by atoms with van der Waals surface area (Å²) in [5.41, 5.74) is 3.64. The summed E-state index contributed by atoms with van der Waals surface area (Å²) in [6, 6.07) is 18.7. The van der Waals surface area contributed by atoms with Gasteiger partial charge < -0.3 is 15.1 Å². The Labute approximate surface area is 196 Å². The molecule has 160 valence electrons. The van der Waals surface area contributed by atoms with Gasteiger partial charge in [0.2, 0.25) is 5.91 Å². The van der Waals surface area contributed by atoms with Crippen molar-refractivity contribution in [2.45, 2.75) is 13.0 Å². The normalized spacial score (nSPS) is 16.8. The van der Waals surface area contributed by atoms with Crippen molar-refractivity contribution >= 4 is 41.5 Å². The predicted octanol–water partition coefficient (Wildman–Crippen LogP) is 2.59. The fourth-order valence-electron chi connectivity index (χ4n) is 4.14. The highest BCUT2D eigenvalue weighted by molar-refractivity contribution is 14.0. The number of piperazine rings is 1. The molecule has 2 aliphatic rings. The highest BCUT2D eigenvalue weighted by Crippen LogP contribution is 2.27. The zero-order valence-electron chi connectivity index (χ0n) is 17.5. The van der Waals surface area contributed by atoms with Crippen molar-refractivity contribution < 1.29 is 4.79 Å². The summed E-state index contributed by atoms with van der Waals surface area (Å²) in [5, 5.41) is 3.28. The third kappa shape index (κ3) is 5.31. The van der Waals surface area contributed by atoms with E-state index in [4.69, 9.17) is 0 Å². The van der Waals surface area contributed by atoms with Crippen LogP contribution in [0.3, 0.4) is 0 Å². The number of para-hydroxylation sites is 1. The molecule has 2 heterocycles. The van der Waals surface area contributed by atoms with E-state index in [0.717, 1.165) is 57.3 Å². The third-order valence-corrected chi connectivity index (χ3v) is 5.72. The maximum absolute atomic E-state index is 12.7. The predicted molar refractivity (Wildman–Crippen MR) is 133 cm³/mol. The van der Waals surface area contributed by atoms with E-state index in [-0.39, 0.29) is 36.4 Å². The summed E-state index contributed by atoms with van der Waals surface area (Å²) in [4.78, 5) is 23.7. The second-order valence-corrected chi connectivity index (χ2v) is 7.57. The lowest BCUT2D eigenvalue weighted by atomic mass is 10.2. The average Bonchev–Trinajstić information content (AvgIpc) is 3.20. The number of fused-ring (bicyclic) bond motifs is 1. The van der Waals surface area contributed by atoms with Crippen LogP contribution < -0.4 is 10.2 Å². The van der Waals surface area contributed by atoms with Gasteiger partial charge in [-0.2, -0.15) is 0 Å². The zero-order valence-corrected chi connectivity index (χ0v) is 19.8. The molecule has 1 N–H and O–H groups in total. The van der Waals surface area contributed by atoms with Gasteiger partial charge in [-0.25, -0.2) is 0 Å². The number of guanidine groups is 1. The van der Waals surface area contributed by atoms with Gasteiger partial charge in [-0.3, -0.25) is 14.7 Å². The van der Waals surface area contributed by atoms with E-state index >= 15 is 0 Å². The molecule has 2 aromatic carbocycles. The Morgan fingerprint density at radius 1 is 0.967 bits per heavy atom. The van der Waals surface area contributed by atoms with Gasteiger partial charge in [-0.15, -0.1) is 24.0 Å².